The molecule has 34 heavy (non-hydrogen) atoms. The number of carbonyl (C=O) groups is 1. The number of nitrogens with zero attached hydrogens (tertiary/aromatic N) is 2. The minimum atomic E-state index is -0.743. The molecule has 5 rings (SSSR count). The number of hydrogen-bond acceptors (Lipinski definition) is 9. The van der Waals surface area contributed by atoms with Gasteiger partial charge in [0.05, 0.1) is 35.4 Å². The van der Waals surface area contributed by atoms with Crippen molar-refractivity contribution in [3.63, 3.8) is 0 Å². The lowest BCUT2D eigenvalue weighted by atomic mass is 10.0. The molecule has 176 valence electrons. The molecule has 1 fully saturated rings. The summed E-state index contributed by atoms with van der Waals surface area (Å²) in [5.74, 6) is -0.904. The molecule has 3 heterocycles. The van der Waals surface area contributed by atoms with Crippen LogP contribution in [0.25, 0.3) is 31.8 Å². The summed E-state index contributed by atoms with van der Waals surface area (Å²) < 4.78 is 17.5. The Hall–Kier alpha value is -3.27. The molecule has 0 amide bonds. The number of morpholine rings is 1. The van der Waals surface area contributed by atoms with Gasteiger partial charge in [0.1, 0.15) is 21.9 Å². The third-order valence-electron chi connectivity index (χ3n) is 5.93. The fraction of sp³-hybridized carbons (Fsp3) is 0.320. The second-order valence-electron chi connectivity index (χ2n) is 8.12. The molecule has 2 aromatic carbocycles. The van der Waals surface area contributed by atoms with Crippen molar-refractivity contribution in [2.75, 3.05) is 32.9 Å². The van der Waals surface area contributed by atoms with Gasteiger partial charge in [-0.3, -0.25) is 9.69 Å². The van der Waals surface area contributed by atoms with Gasteiger partial charge in [-0.25, -0.2) is 9.78 Å². The van der Waals surface area contributed by atoms with E-state index < -0.39 is 5.97 Å². The second-order valence-corrected chi connectivity index (χ2v) is 9.15. The summed E-state index contributed by atoms with van der Waals surface area (Å²) in [6.07, 6.45) is 0. The third kappa shape index (κ3) is 3.96. The average Bonchev–Trinajstić information content (AvgIpc) is 3.27. The standard InChI is InChI=1S/C25H24N2O6S/c1-3-32-25(30)23-19(24-26-17-6-4-5-7-18(17)34-24)21(29)16-12-15(13-27-8-10-31-11-9-27)20(28)14(2)22(16)33-23/h4-7,12,28H,3,8-11,13H2,1-2H3. The monoisotopic (exact) mass is 480 g/mol. The van der Waals surface area contributed by atoms with Crippen molar-refractivity contribution < 1.29 is 23.8 Å². The number of hydrogen-bond donors (Lipinski definition) is 1. The van der Waals surface area contributed by atoms with E-state index in [-0.39, 0.29) is 34.7 Å². The minimum Gasteiger partial charge on any atom is -0.507 e. The normalized spacial score (nSPS) is 14.6. The molecule has 0 saturated carbocycles. The molecule has 1 aliphatic heterocycles. The highest BCUT2D eigenvalue weighted by atomic mass is 32.1. The molecule has 1 N–H and O–H groups in total. The first-order valence-electron chi connectivity index (χ1n) is 11.1. The Bertz CT molecular complexity index is 1420. The minimum absolute atomic E-state index is 0.0460. The molecule has 8 nitrogen and oxygen atoms in total. The zero-order valence-electron chi connectivity index (χ0n) is 18.9. The van der Waals surface area contributed by atoms with E-state index in [0.29, 0.717) is 41.3 Å². The van der Waals surface area contributed by atoms with E-state index in [9.17, 15) is 14.7 Å². The number of ether oxygens (including phenoxy) is 2. The SMILES string of the molecule is CCOC(=O)c1oc2c(C)c(O)c(CN3CCOCC3)cc2c(=O)c1-c1nc2ccccc2s1. The van der Waals surface area contributed by atoms with Crippen LogP contribution in [0.1, 0.15) is 28.6 Å². The van der Waals surface area contributed by atoms with Crippen molar-refractivity contribution in [3.05, 3.63) is 57.4 Å². The number of para-hydroxylation sites is 1. The van der Waals surface area contributed by atoms with Crippen LogP contribution < -0.4 is 5.43 Å². The molecule has 9 heteroatoms. The van der Waals surface area contributed by atoms with Gasteiger partial charge in [0, 0.05) is 30.8 Å². The number of aromatic hydroxyl groups is 1. The van der Waals surface area contributed by atoms with E-state index in [1.54, 1.807) is 19.9 Å². The van der Waals surface area contributed by atoms with Gasteiger partial charge in [0.25, 0.3) is 0 Å². The topological polar surface area (TPSA) is 102 Å². The van der Waals surface area contributed by atoms with E-state index in [1.165, 1.54) is 11.3 Å². The second kappa shape index (κ2) is 9.17. The van der Waals surface area contributed by atoms with E-state index in [0.717, 1.165) is 23.3 Å². The van der Waals surface area contributed by atoms with Gasteiger partial charge in [-0.1, -0.05) is 12.1 Å². The molecule has 0 spiro atoms. The molecular formula is C25H24N2O6S. The summed E-state index contributed by atoms with van der Waals surface area (Å²) in [4.78, 5) is 33.4. The van der Waals surface area contributed by atoms with E-state index in [4.69, 9.17) is 13.9 Å². The zero-order chi connectivity index (χ0) is 23.8. The quantitative estimate of drug-likeness (QED) is 0.426. The smallest absolute Gasteiger partial charge is 0.375 e. The summed E-state index contributed by atoms with van der Waals surface area (Å²) in [7, 11) is 0. The number of carbonyl (C=O) groups excluding carboxylic acids is 1. The van der Waals surface area contributed by atoms with Gasteiger partial charge in [-0.2, -0.15) is 0 Å². The van der Waals surface area contributed by atoms with Crippen LogP contribution in [0, 0.1) is 6.92 Å². The van der Waals surface area contributed by atoms with E-state index in [2.05, 4.69) is 9.88 Å². The number of aryl methyl sites for hydroxylation is 1. The molecule has 0 atom stereocenters. The van der Waals surface area contributed by atoms with Crippen molar-refractivity contribution in [1.82, 2.24) is 9.88 Å². The fourth-order valence-corrected chi connectivity index (χ4v) is 5.19. The Labute approximate surface area is 199 Å². The van der Waals surface area contributed by atoms with Crippen LogP contribution in [-0.4, -0.2) is 53.9 Å². The van der Waals surface area contributed by atoms with Crippen LogP contribution in [0.15, 0.2) is 39.5 Å². The summed E-state index contributed by atoms with van der Waals surface area (Å²) in [6.45, 7) is 6.69. The molecule has 0 radical (unpaired) electrons. The van der Waals surface area contributed by atoms with Crippen LogP contribution in [0.4, 0.5) is 0 Å². The number of thiazole rings is 1. The lowest BCUT2D eigenvalue weighted by Gasteiger charge is -2.27. The number of phenols is 1. The van der Waals surface area contributed by atoms with Gasteiger partial charge in [0.15, 0.2) is 0 Å². The lowest BCUT2D eigenvalue weighted by molar-refractivity contribution is 0.0339. The number of phenolic OH excluding ortho intramolecular Hbond substituents is 1. The largest absolute Gasteiger partial charge is 0.507 e. The summed E-state index contributed by atoms with van der Waals surface area (Å²) in [5, 5.41) is 11.6. The molecule has 1 aliphatic rings. The number of benzene rings is 2. The van der Waals surface area contributed by atoms with Gasteiger partial charge in [-0.05, 0) is 32.0 Å². The predicted molar refractivity (Wildman–Crippen MR) is 130 cm³/mol. The summed E-state index contributed by atoms with van der Waals surface area (Å²) >= 11 is 1.31. The van der Waals surface area contributed by atoms with Crippen molar-refractivity contribution in [2.45, 2.75) is 20.4 Å². The number of rotatable bonds is 5. The van der Waals surface area contributed by atoms with Crippen LogP contribution in [0.2, 0.25) is 0 Å². The summed E-state index contributed by atoms with van der Waals surface area (Å²) in [6, 6.07) is 9.18. The molecular weight excluding hydrogens is 456 g/mol. The zero-order valence-corrected chi connectivity index (χ0v) is 19.7. The van der Waals surface area contributed by atoms with Crippen LogP contribution in [0.3, 0.4) is 0 Å². The number of esters is 1. The van der Waals surface area contributed by atoms with Crippen molar-refractivity contribution in [3.8, 4) is 16.3 Å². The van der Waals surface area contributed by atoms with Crippen molar-refractivity contribution in [1.29, 1.82) is 0 Å². The first-order valence-corrected chi connectivity index (χ1v) is 11.9. The van der Waals surface area contributed by atoms with Gasteiger partial charge < -0.3 is 19.0 Å². The Morgan fingerprint density at radius 3 is 2.76 bits per heavy atom. The van der Waals surface area contributed by atoms with E-state index in [1.807, 2.05) is 24.3 Å². The first-order chi connectivity index (χ1) is 16.5. The van der Waals surface area contributed by atoms with Crippen LogP contribution >= 0.6 is 11.3 Å². The molecule has 2 aromatic heterocycles. The number of fused-ring (bicyclic) bond motifs is 2. The van der Waals surface area contributed by atoms with Gasteiger partial charge >= 0.3 is 5.97 Å². The Morgan fingerprint density at radius 2 is 2.03 bits per heavy atom. The Balaban J connectivity index is 1.73. The fourth-order valence-electron chi connectivity index (χ4n) is 4.18. The first kappa shape index (κ1) is 22.5. The molecule has 4 aromatic rings. The maximum Gasteiger partial charge on any atom is 0.375 e. The Morgan fingerprint density at radius 1 is 1.26 bits per heavy atom. The van der Waals surface area contributed by atoms with Crippen LogP contribution in [0.5, 0.6) is 5.75 Å². The Kier molecular flexibility index (Phi) is 6.07. The van der Waals surface area contributed by atoms with Gasteiger partial charge in [0.2, 0.25) is 11.2 Å². The summed E-state index contributed by atoms with van der Waals surface area (Å²) in [5.41, 5.74) is 1.62. The average molecular weight is 481 g/mol. The highest BCUT2D eigenvalue weighted by molar-refractivity contribution is 7.21. The molecule has 0 aliphatic carbocycles. The highest BCUT2D eigenvalue weighted by Gasteiger charge is 2.27. The maximum absolute atomic E-state index is 13.8. The molecule has 0 unspecified atom stereocenters. The van der Waals surface area contributed by atoms with Gasteiger partial charge in [-0.15, -0.1) is 11.3 Å². The van der Waals surface area contributed by atoms with Crippen molar-refractivity contribution in [2.24, 2.45) is 0 Å². The third-order valence-corrected chi connectivity index (χ3v) is 6.99. The maximum atomic E-state index is 13.8. The van der Waals surface area contributed by atoms with E-state index >= 15 is 0 Å². The molecule has 0 bridgehead atoms. The predicted octanol–water partition coefficient (Wildman–Crippen LogP) is 4.09. The van der Waals surface area contributed by atoms with Crippen molar-refractivity contribution >= 4 is 38.5 Å². The molecule has 1 saturated heterocycles. The lowest BCUT2D eigenvalue weighted by Crippen LogP contribution is -2.35. The highest BCUT2D eigenvalue weighted by Crippen LogP contribution is 2.36. The van der Waals surface area contributed by atoms with Crippen LogP contribution in [-0.2, 0) is 16.0 Å². The number of aromatic nitrogens is 1.